The van der Waals surface area contributed by atoms with E-state index in [9.17, 15) is 5.26 Å². The molecule has 0 aliphatic carbocycles. The zero-order chi connectivity index (χ0) is 16.8. The van der Waals surface area contributed by atoms with Gasteiger partial charge in [-0.25, -0.2) is 0 Å². The van der Waals surface area contributed by atoms with Crippen LogP contribution in [0.15, 0.2) is 36.4 Å². The number of nitriles is 1. The number of aryl methyl sites for hydroxylation is 1. The fraction of sp³-hybridized carbons (Fsp3) is 0.211. The Balaban J connectivity index is 2.53. The molecule has 0 saturated heterocycles. The molecule has 0 saturated carbocycles. The van der Waals surface area contributed by atoms with Gasteiger partial charge in [-0.2, -0.15) is 5.26 Å². The van der Waals surface area contributed by atoms with Crippen LogP contribution in [0.4, 0.5) is 0 Å². The standard InChI is InChI=1S/C19H19NO3/c1-13-5-7-14(8-6-13)9-16(12-20)15-10-17(21-2)19(23-4)18(11-15)22-3/h5-11H,1-4H3/b16-9+. The van der Waals surface area contributed by atoms with Crippen LogP contribution in [-0.4, -0.2) is 21.3 Å². The molecule has 23 heavy (non-hydrogen) atoms. The highest BCUT2D eigenvalue weighted by molar-refractivity contribution is 5.90. The predicted octanol–water partition coefficient (Wildman–Crippen LogP) is 4.09. The minimum atomic E-state index is 0.506. The maximum atomic E-state index is 9.52. The smallest absolute Gasteiger partial charge is 0.203 e. The zero-order valence-corrected chi connectivity index (χ0v) is 13.7. The molecule has 118 valence electrons. The number of benzene rings is 2. The molecular formula is C19H19NO3. The lowest BCUT2D eigenvalue weighted by atomic mass is 10.0. The molecule has 0 aromatic heterocycles. The lowest BCUT2D eigenvalue weighted by Crippen LogP contribution is -1.96. The van der Waals surface area contributed by atoms with Crippen molar-refractivity contribution in [2.75, 3.05) is 21.3 Å². The van der Waals surface area contributed by atoms with E-state index in [0.29, 0.717) is 28.4 Å². The fourth-order valence-electron chi connectivity index (χ4n) is 2.25. The Kier molecular flexibility index (Phi) is 5.27. The highest BCUT2D eigenvalue weighted by Crippen LogP contribution is 2.40. The largest absolute Gasteiger partial charge is 0.493 e. The number of rotatable bonds is 5. The lowest BCUT2D eigenvalue weighted by molar-refractivity contribution is 0.324. The van der Waals surface area contributed by atoms with E-state index >= 15 is 0 Å². The van der Waals surface area contributed by atoms with Crippen molar-refractivity contribution in [2.45, 2.75) is 6.92 Å². The Labute approximate surface area is 136 Å². The van der Waals surface area contributed by atoms with Gasteiger partial charge in [0.2, 0.25) is 5.75 Å². The average Bonchev–Trinajstić information content (AvgIpc) is 2.59. The zero-order valence-electron chi connectivity index (χ0n) is 13.7. The highest BCUT2D eigenvalue weighted by Gasteiger charge is 2.15. The summed E-state index contributed by atoms with van der Waals surface area (Å²) in [5.74, 6) is 1.55. The van der Waals surface area contributed by atoms with Crippen molar-refractivity contribution in [1.82, 2.24) is 0 Å². The summed E-state index contributed by atoms with van der Waals surface area (Å²) in [4.78, 5) is 0. The van der Waals surface area contributed by atoms with Crippen LogP contribution >= 0.6 is 0 Å². The normalized spacial score (nSPS) is 10.8. The Morgan fingerprint density at radius 2 is 1.52 bits per heavy atom. The Morgan fingerprint density at radius 1 is 0.957 bits per heavy atom. The van der Waals surface area contributed by atoms with Gasteiger partial charge >= 0.3 is 0 Å². The van der Waals surface area contributed by atoms with Crippen molar-refractivity contribution < 1.29 is 14.2 Å². The van der Waals surface area contributed by atoms with Crippen LogP contribution in [0.2, 0.25) is 0 Å². The SMILES string of the molecule is COc1cc(/C(C#N)=C/c2ccc(C)cc2)cc(OC)c1OC. The van der Waals surface area contributed by atoms with Crippen LogP contribution < -0.4 is 14.2 Å². The van der Waals surface area contributed by atoms with E-state index in [-0.39, 0.29) is 0 Å². The molecule has 2 aromatic carbocycles. The molecular weight excluding hydrogens is 290 g/mol. The first-order chi connectivity index (χ1) is 11.1. The quantitative estimate of drug-likeness (QED) is 0.617. The van der Waals surface area contributed by atoms with Gasteiger partial charge in [-0.3, -0.25) is 0 Å². The summed E-state index contributed by atoms with van der Waals surface area (Å²) < 4.78 is 16.0. The number of allylic oxidation sites excluding steroid dienone is 1. The topological polar surface area (TPSA) is 51.5 Å². The second-order valence-corrected chi connectivity index (χ2v) is 4.99. The number of hydrogen-bond donors (Lipinski definition) is 0. The monoisotopic (exact) mass is 309 g/mol. The van der Waals surface area contributed by atoms with Crippen LogP contribution in [0.25, 0.3) is 11.6 Å². The molecule has 4 nitrogen and oxygen atoms in total. The molecule has 0 amide bonds. The van der Waals surface area contributed by atoms with Crippen molar-refractivity contribution >= 4 is 11.6 Å². The second kappa shape index (κ2) is 7.37. The van der Waals surface area contributed by atoms with E-state index in [0.717, 1.165) is 5.56 Å². The Hall–Kier alpha value is -2.93. The summed E-state index contributed by atoms with van der Waals surface area (Å²) in [5.41, 5.74) is 3.37. The molecule has 4 heteroatoms. The predicted molar refractivity (Wildman–Crippen MR) is 90.8 cm³/mol. The third-order valence-electron chi connectivity index (χ3n) is 3.48. The van der Waals surface area contributed by atoms with Crippen molar-refractivity contribution in [3.63, 3.8) is 0 Å². The molecule has 2 rings (SSSR count). The fourth-order valence-corrected chi connectivity index (χ4v) is 2.25. The van der Waals surface area contributed by atoms with Gasteiger partial charge in [0.25, 0.3) is 0 Å². The molecule has 0 heterocycles. The third-order valence-corrected chi connectivity index (χ3v) is 3.48. The molecule has 0 radical (unpaired) electrons. The van der Waals surface area contributed by atoms with Gasteiger partial charge in [-0.1, -0.05) is 29.8 Å². The minimum absolute atomic E-state index is 0.506. The van der Waals surface area contributed by atoms with Crippen molar-refractivity contribution in [2.24, 2.45) is 0 Å². The molecule has 0 fully saturated rings. The van der Waals surface area contributed by atoms with Gasteiger partial charge in [-0.05, 0) is 36.3 Å². The van der Waals surface area contributed by atoms with Crippen LogP contribution in [0.1, 0.15) is 16.7 Å². The summed E-state index contributed by atoms with van der Waals surface area (Å²) in [6, 6.07) is 13.7. The lowest BCUT2D eigenvalue weighted by Gasteiger charge is -2.13. The van der Waals surface area contributed by atoms with E-state index < -0.39 is 0 Å². The van der Waals surface area contributed by atoms with E-state index in [1.165, 1.54) is 5.56 Å². The third kappa shape index (κ3) is 3.64. The Morgan fingerprint density at radius 3 is 1.96 bits per heavy atom. The maximum absolute atomic E-state index is 9.52. The Bertz CT molecular complexity index is 730. The van der Waals surface area contributed by atoms with Crippen molar-refractivity contribution in [3.05, 3.63) is 53.1 Å². The molecule has 0 aliphatic heterocycles. The maximum Gasteiger partial charge on any atom is 0.203 e. The molecule has 0 spiro atoms. The van der Waals surface area contributed by atoms with Crippen molar-refractivity contribution in [1.29, 1.82) is 5.26 Å². The summed E-state index contributed by atoms with van der Waals surface area (Å²) in [6.07, 6.45) is 1.83. The van der Waals surface area contributed by atoms with Gasteiger partial charge < -0.3 is 14.2 Å². The van der Waals surface area contributed by atoms with E-state index in [1.807, 2.05) is 37.3 Å². The molecule has 0 aliphatic rings. The van der Waals surface area contributed by atoms with Gasteiger partial charge in [0.05, 0.1) is 33.0 Å². The second-order valence-electron chi connectivity index (χ2n) is 4.99. The summed E-state index contributed by atoms with van der Waals surface area (Å²) >= 11 is 0. The summed E-state index contributed by atoms with van der Waals surface area (Å²) in [5, 5.41) is 9.52. The van der Waals surface area contributed by atoms with Crippen molar-refractivity contribution in [3.8, 4) is 23.3 Å². The van der Waals surface area contributed by atoms with Crippen LogP contribution in [-0.2, 0) is 0 Å². The summed E-state index contributed by atoms with van der Waals surface area (Å²) in [6.45, 7) is 2.03. The minimum Gasteiger partial charge on any atom is -0.493 e. The first-order valence-electron chi connectivity index (χ1n) is 7.11. The molecule has 2 aromatic rings. The first kappa shape index (κ1) is 16.4. The number of nitrogens with zero attached hydrogens (tertiary/aromatic N) is 1. The molecule has 0 unspecified atom stereocenters. The first-order valence-corrected chi connectivity index (χ1v) is 7.11. The van der Waals surface area contributed by atoms with Crippen LogP contribution in [0.3, 0.4) is 0 Å². The highest BCUT2D eigenvalue weighted by atomic mass is 16.5. The van der Waals surface area contributed by atoms with Gasteiger partial charge in [0.1, 0.15) is 0 Å². The number of methoxy groups -OCH3 is 3. The number of hydrogen-bond acceptors (Lipinski definition) is 4. The van der Waals surface area contributed by atoms with Gasteiger partial charge in [-0.15, -0.1) is 0 Å². The average molecular weight is 309 g/mol. The van der Waals surface area contributed by atoms with Crippen LogP contribution in [0, 0.1) is 18.3 Å². The van der Waals surface area contributed by atoms with Gasteiger partial charge in [0.15, 0.2) is 11.5 Å². The van der Waals surface area contributed by atoms with E-state index in [4.69, 9.17) is 14.2 Å². The molecule has 0 atom stereocenters. The van der Waals surface area contributed by atoms with Crippen LogP contribution in [0.5, 0.6) is 17.2 Å². The number of ether oxygens (including phenoxy) is 3. The van der Waals surface area contributed by atoms with Gasteiger partial charge in [0, 0.05) is 0 Å². The summed E-state index contributed by atoms with van der Waals surface area (Å²) in [7, 11) is 4.65. The van der Waals surface area contributed by atoms with E-state index in [2.05, 4.69) is 6.07 Å². The van der Waals surface area contributed by atoms with E-state index in [1.54, 1.807) is 33.5 Å². The molecule has 0 bridgehead atoms. The molecule has 0 N–H and O–H groups in total.